The number of nitrogens with one attached hydrogen (secondary N) is 1. The Morgan fingerprint density at radius 3 is 2.90 bits per heavy atom. The van der Waals surface area contributed by atoms with Crippen LogP contribution < -0.4 is 10.1 Å². The largest absolute Gasteiger partial charge is 0.496 e. The first-order chi connectivity index (χ1) is 9.69. The zero-order valence-electron chi connectivity index (χ0n) is 11.3. The molecule has 0 saturated heterocycles. The molecular weight excluding hydrogens is 278 g/mol. The number of carbonyl (C=O) groups excluding carboxylic acids is 1. The van der Waals surface area contributed by atoms with Crippen molar-refractivity contribution in [3.05, 3.63) is 35.7 Å². The van der Waals surface area contributed by atoms with E-state index in [1.807, 2.05) is 24.3 Å². The molecule has 0 spiro atoms. The molecule has 0 aliphatic heterocycles. The Morgan fingerprint density at radius 1 is 1.40 bits per heavy atom. The number of hydrogen-bond acceptors (Lipinski definition) is 6. The maximum absolute atomic E-state index is 11.7. The smallest absolute Gasteiger partial charge is 0.277 e. The summed E-state index contributed by atoms with van der Waals surface area (Å²) in [7, 11) is 1.61. The number of benzene rings is 1. The maximum atomic E-state index is 11.7. The molecule has 0 atom stereocenters. The molecule has 0 radical (unpaired) electrons. The molecule has 20 heavy (non-hydrogen) atoms. The molecule has 1 aromatic heterocycles. The molecular formula is C13H15N3O3S. The zero-order chi connectivity index (χ0) is 14.4. The number of rotatable bonds is 6. The number of ether oxygens (including phenoxy) is 1. The van der Waals surface area contributed by atoms with Crippen LogP contribution in [0.15, 0.2) is 33.9 Å². The molecule has 2 rings (SSSR count). The first-order valence-electron chi connectivity index (χ1n) is 6.00. The van der Waals surface area contributed by atoms with Gasteiger partial charge in [0.05, 0.1) is 12.9 Å². The van der Waals surface area contributed by atoms with Crippen LogP contribution in [0.5, 0.6) is 5.75 Å². The summed E-state index contributed by atoms with van der Waals surface area (Å²) >= 11 is 1.21. The van der Waals surface area contributed by atoms with E-state index in [-0.39, 0.29) is 11.7 Å². The quantitative estimate of drug-likeness (QED) is 0.818. The number of aryl methyl sites for hydroxylation is 1. The third-order valence-electron chi connectivity index (χ3n) is 2.50. The van der Waals surface area contributed by atoms with Crippen molar-refractivity contribution in [1.82, 2.24) is 15.5 Å². The molecule has 2 aromatic rings. The van der Waals surface area contributed by atoms with Gasteiger partial charge < -0.3 is 14.5 Å². The summed E-state index contributed by atoms with van der Waals surface area (Å²) in [4.78, 5) is 11.7. The number of thioether (sulfide) groups is 1. The Kier molecular flexibility index (Phi) is 5.00. The molecule has 0 fully saturated rings. The fraction of sp³-hybridized carbons (Fsp3) is 0.308. The Balaban J connectivity index is 1.80. The van der Waals surface area contributed by atoms with Crippen LogP contribution in [0.25, 0.3) is 0 Å². The van der Waals surface area contributed by atoms with Crippen molar-refractivity contribution >= 4 is 17.7 Å². The van der Waals surface area contributed by atoms with E-state index in [0.717, 1.165) is 11.3 Å². The minimum absolute atomic E-state index is 0.100. The lowest BCUT2D eigenvalue weighted by atomic mass is 10.2. The number of para-hydroxylation sites is 1. The van der Waals surface area contributed by atoms with Gasteiger partial charge in [-0.2, -0.15) is 0 Å². The van der Waals surface area contributed by atoms with E-state index in [0.29, 0.717) is 17.7 Å². The number of amides is 1. The minimum Gasteiger partial charge on any atom is -0.496 e. The van der Waals surface area contributed by atoms with Gasteiger partial charge in [0.2, 0.25) is 11.8 Å². The van der Waals surface area contributed by atoms with Crippen LogP contribution in [0, 0.1) is 6.92 Å². The molecule has 7 heteroatoms. The molecule has 1 heterocycles. The predicted octanol–water partition coefficient (Wildman–Crippen LogP) is 1.80. The van der Waals surface area contributed by atoms with Gasteiger partial charge in [-0.1, -0.05) is 30.0 Å². The molecule has 1 aromatic carbocycles. The van der Waals surface area contributed by atoms with Crippen molar-refractivity contribution in [2.75, 3.05) is 12.9 Å². The van der Waals surface area contributed by atoms with E-state index in [4.69, 9.17) is 9.15 Å². The maximum Gasteiger partial charge on any atom is 0.277 e. The molecule has 6 nitrogen and oxygen atoms in total. The standard InChI is InChI=1S/C13H15N3O3S/c1-9-15-16-13(19-9)20-8-12(17)14-7-10-5-3-4-6-11(10)18-2/h3-6H,7-8H2,1-2H3,(H,14,17). The summed E-state index contributed by atoms with van der Waals surface area (Å²) < 4.78 is 10.4. The van der Waals surface area contributed by atoms with E-state index < -0.39 is 0 Å². The Bertz CT molecular complexity index is 586. The summed E-state index contributed by atoms with van der Waals surface area (Å²) in [6.45, 7) is 2.13. The SMILES string of the molecule is COc1ccccc1CNC(=O)CSc1nnc(C)o1. The second kappa shape index (κ2) is 6.95. The van der Waals surface area contributed by atoms with E-state index in [9.17, 15) is 4.79 Å². The van der Waals surface area contributed by atoms with Gasteiger partial charge in [-0.05, 0) is 6.07 Å². The van der Waals surface area contributed by atoms with E-state index in [1.165, 1.54) is 11.8 Å². The molecule has 0 saturated carbocycles. The molecule has 1 amide bonds. The first-order valence-corrected chi connectivity index (χ1v) is 6.99. The van der Waals surface area contributed by atoms with Gasteiger partial charge in [0.1, 0.15) is 5.75 Å². The summed E-state index contributed by atoms with van der Waals surface area (Å²) in [5, 5.41) is 10.7. The van der Waals surface area contributed by atoms with Gasteiger partial charge in [-0.25, -0.2) is 0 Å². The second-order valence-corrected chi connectivity index (χ2v) is 4.89. The summed E-state index contributed by atoms with van der Waals surface area (Å²) in [5.41, 5.74) is 0.932. The average Bonchev–Trinajstić information content (AvgIpc) is 2.89. The molecule has 1 N–H and O–H groups in total. The van der Waals surface area contributed by atoms with Crippen LogP contribution in [0.4, 0.5) is 0 Å². The van der Waals surface area contributed by atoms with Crippen molar-refractivity contribution in [2.24, 2.45) is 0 Å². The van der Waals surface area contributed by atoms with Gasteiger partial charge in [0, 0.05) is 19.0 Å². The van der Waals surface area contributed by atoms with Crippen molar-refractivity contribution in [1.29, 1.82) is 0 Å². The van der Waals surface area contributed by atoms with Crippen molar-refractivity contribution in [3.63, 3.8) is 0 Å². The lowest BCUT2D eigenvalue weighted by molar-refractivity contribution is -0.118. The van der Waals surface area contributed by atoms with Crippen LogP contribution in [0.2, 0.25) is 0 Å². The van der Waals surface area contributed by atoms with Crippen LogP contribution >= 0.6 is 11.8 Å². The third-order valence-corrected chi connectivity index (χ3v) is 3.32. The normalized spacial score (nSPS) is 10.3. The zero-order valence-corrected chi connectivity index (χ0v) is 12.1. The van der Waals surface area contributed by atoms with Gasteiger partial charge >= 0.3 is 0 Å². The van der Waals surface area contributed by atoms with Crippen LogP contribution in [0.1, 0.15) is 11.5 Å². The average molecular weight is 293 g/mol. The number of methoxy groups -OCH3 is 1. The molecule has 106 valence electrons. The lowest BCUT2D eigenvalue weighted by Gasteiger charge is -2.08. The van der Waals surface area contributed by atoms with Crippen LogP contribution in [0.3, 0.4) is 0 Å². The van der Waals surface area contributed by atoms with Crippen molar-refractivity contribution in [2.45, 2.75) is 18.7 Å². The van der Waals surface area contributed by atoms with Gasteiger partial charge in [-0.15, -0.1) is 10.2 Å². The van der Waals surface area contributed by atoms with Gasteiger partial charge in [0.25, 0.3) is 5.22 Å². The van der Waals surface area contributed by atoms with E-state index in [2.05, 4.69) is 15.5 Å². The van der Waals surface area contributed by atoms with E-state index >= 15 is 0 Å². The van der Waals surface area contributed by atoms with Crippen molar-refractivity contribution < 1.29 is 13.9 Å². The Labute approximate surface area is 120 Å². The minimum atomic E-state index is -0.100. The molecule has 0 aliphatic carbocycles. The third kappa shape index (κ3) is 3.99. The first kappa shape index (κ1) is 14.4. The number of aromatic nitrogens is 2. The fourth-order valence-corrected chi connectivity index (χ4v) is 2.19. The highest BCUT2D eigenvalue weighted by Gasteiger charge is 2.08. The van der Waals surface area contributed by atoms with Gasteiger partial charge in [0.15, 0.2) is 0 Å². The Morgan fingerprint density at radius 2 is 2.20 bits per heavy atom. The topological polar surface area (TPSA) is 77.2 Å². The highest BCUT2D eigenvalue weighted by molar-refractivity contribution is 7.99. The van der Waals surface area contributed by atoms with Gasteiger partial charge in [-0.3, -0.25) is 4.79 Å². The van der Waals surface area contributed by atoms with Crippen molar-refractivity contribution in [3.8, 4) is 5.75 Å². The number of nitrogens with zero attached hydrogens (tertiary/aromatic N) is 2. The fourth-order valence-electron chi connectivity index (χ4n) is 1.56. The Hall–Kier alpha value is -2.02. The van der Waals surface area contributed by atoms with Crippen LogP contribution in [-0.4, -0.2) is 29.0 Å². The van der Waals surface area contributed by atoms with Crippen LogP contribution in [-0.2, 0) is 11.3 Å². The summed E-state index contributed by atoms with van der Waals surface area (Å²) in [6.07, 6.45) is 0. The monoisotopic (exact) mass is 293 g/mol. The predicted molar refractivity (Wildman–Crippen MR) is 74.6 cm³/mol. The second-order valence-electron chi connectivity index (χ2n) is 3.96. The highest BCUT2D eigenvalue weighted by atomic mass is 32.2. The summed E-state index contributed by atoms with van der Waals surface area (Å²) in [5.74, 6) is 1.38. The number of hydrogen-bond donors (Lipinski definition) is 1. The highest BCUT2D eigenvalue weighted by Crippen LogP contribution is 2.17. The molecule has 0 aliphatic rings. The van der Waals surface area contributed by atoms with E-state index in [1.54, 1.807) is 14.0 Å². The molecule has 0 bridgehead atoms. The lowest BCUT2D eigenvalue weighted by Crippen LogP contribution is -2.24. The summed E-state index contributed by atoms with van der Waals surface area (Å²) in [6, 6.07) is 7.56. The molecule has 0 unspecified atom stereocenters. The number of carbonyl (C=O) groups is 1.